The minimum absolute atomic E-state index is 0.0801. The summed E-state index contributed by atoms with van der Waals surface area (Å²) in [5.74, 6) is -1.36. The number of nitrogens with zero attached hydrogens (tertiary/aromatic N) is 3. The lowest BCUT2D eigenvalue weighted by atomic mass is 10.2. The van der Waals surface area contributed by atoms with Gasteiger partial charge in [-0.05, 0) is 23.8 Å². The molecule has 0 aliphatic carbocycles. The number of methoxy groups -OCH3 is 1. The summed E-state index contributed by atoms with van der Waals surface area (Å²) >= 11 is 0. The van der Waals surface area contributed by atoms with Crippen LogP contribution in [0, 0.1) is 5.82 Å². The summed E-state index contributed by atoms with van der Waals surface area (Å²) in [5, 5.41) is 10.0. The van der Waals surface area contributed by atoms with E-state index in [0.29, 0.717) is 17.0 Å². The van der Waals surface area contributed by atoms with E-state index in [2.05, 4.69) is 15.0 Å². The van der Waals surface area contributed by atoms with Crippen molar-refractivity contribution in [3.8, 4) is 23.0 Å². The highest BCUT2D eigenvalue weighted by Crippen LogP contribution is 2.19. The largest absolute Gasteiger partial charge is 0.501 e. The normalized spacial score (nSPS) is 10.5. The molecule has 0 fully saturated rings. The van der Waals surface area contributed by atoms with Gasteiger partial charge in [0.2, 0.25) is 11.6 Å². The van der Waals surface area contributed by atoms with E-state index in [9.17, 15) is 19.1 Å². The van der Waals surface area contributed by atoms with Crippen molar-refractivity contribution in [3.63, 3.8) is 0 Å². The van der Waals surface area contributed by atoms with Crippen molar-refractivity contribution >= 4 is 5.91 Å². The van der Waals surface area contributed by atoms with E-state index in [1.807, 2.05) is 0 Å². The number of rotatable bonds is 5. The molecule has 0 bridgehead atoms. The Hall–Kier alpha value is -3.75. The first-order valence-corrected chi connectivity index (χ1v) is 8.22. The molecule has 0 radical (unpaired) electrons. The van der Waals surface area contributed by atoms with Crippen LogP contribution in [0.25, 0.3) is 11.4 Å². The number of benzene rings is 1. The van der Waals surface area contributed by atoms with Crippen LogP contribution in [0.5, 0.6) is 11.6 Å². The topological polar surface area (TPSA) is 108 Å². The second kappa shape index (κ2) is 7.87. The average molecular weight is 384 g/mol. The SMILES string of the molecule is COc1ccc(-c2nc(C(=O)N(C)Cc3ccc(F)cc3)c(O)c(=O)[nH]2)cn1. The number of carbonyl (C=O) groups excluding carboxylic acids is 1. The van der Waals surface area contributed by atoms with Crippen LogP contribution >= 0.6 is 0 Å². The lowest BCUT2D eigenvalue weighted by molar-refractivity contribution is 0.0775. The van der Waals surface area contributed by atoms with Gasteiger partial charge in [0.05, 0.1) is 7.11 Å². The number of ether oxygens (including phenoxy) is 1. The predicted molar refractivity (Wildman–Crippen MR) is 98.5 cm³/mol. The molecule has 9 heteroatoms. The zero-order valence-corrected chi connectivity index (χ0v) is 15.1. The third kappa shape index (κ3) is 3.98. The molecule has 28 heavy (non-hydrogen) atoms. The van der Waals surface area contributed by atoms with Crippen LogP contribution in [0.3, 0.4) is 0 Å². The molecule has 0 saturated heterocycles. The van der Waals surface area contributed by atoms with E-state index in [0.717, 1.165) is 0 Å². The number of hydrogen-bond acceptors (Lipinski definition) is 6. The van der Waals surface area contributed by atoms with Gasteiger partial charge < -0.3 is 19.7 Å². The number of aromatic nitrogens is 3. The predicted octanol–water partition coefficient (Wildman–Crippen LogP) is 1.96. The van der Waals surface area contributed by atoms with Crippen LogP contribution in [0.2, 0.25) is 0 Å². The van der Waals surface area contributed by atoms with Crippen molar-refractivity contribution in [1.82, 2.24) is 19.9 Å². The number of carbonyl (C=O) groups is 1. The highest BCUT2D eigenvalue weighted by molar-refractivity contribution is 5.94. The van der Waals surface area contributed by atoms with Crippen LogP contribution in [0.1, 0.15) is 16.1 Å². The molecule has 0 aliphatic heterocycles. The maximum atomic E-state index is 13.0. The van der Waals surface area contributed by atoms with Crippen molar-refractivity contribution in [2.45, 2.75) is 6.54 Å². The van der Waals surface area contributed by atoms with Crippen molar-refractivity contribution in [2.24, 2.45) is 0 Å². The molecule has 144 valence electrons. The molecule has 0 saturated carbocycles. The Morgan fingerprint density at radius 3 is 2.57 bits per heavy atom. The van der Waals surface area contributed by atoms with E-state index in [1.54, 1.807) is 24.3 Å². The third-order valence-electron chi connectivity index (χ3n) is 4.00. The van der Waals surface area contributed by atoms with Gasteiger partial charge in [0.1, 0.15) is 11.6 Å². The molecular formula is C19H17FN4O4. The van der Waals surface area contributed by atoms with Crippen molar-refractivity contribution in [1.29, 1.82) is 0 Å². The number of nitrogens with one attached hydrogen (secondary N) is 1. The molecule has 1 aromatic carbocycles. The molecule has 0 unspecified atom stereocenters. The molecule has 8 nitrogen and oxygen atoms in total. The maximum Gasteiger partial charge on any atom is 0.294 e. The quantitative estimate of drug-likeness (QED) is 0.696. The highest BCUT2D eigenvalue weighted by Gasteiger charge is 2.22. The van der Waals surface area contributed by atoms with Crippen molar-refractivity contribution in [2.75, 3.05) is 14.2 Å². The average Bonchev–Trinajstić information content (AvgIpc) is 2.71. The second-order valence-corrected chi connectivity index (χ2v) is 5.99. The van der Waals surface area contributed by atoms with Gasteiger partial charge in [-0.15, -0.1) is 0 Å². The number of H-pyrrole nitrogens is 1. The Bertz CT molecular complexity index is 1050. The van der Waals surface area contributed by atoms with Crippen LogP contribution in [-0.4, -0.2) is 45.0 Å². The van der Waals surface area contributed by atoms with Crippen LogP contribution in [0.4, 0.5) is 4.39 Å². The van der Waals surface area contributed by atoms with Gasteiger partial charge in [0.25, 0.3) is 11.5 Å². The monoisotopic (exact) mass is 384 g/mol. The fourth-order valence-electron chi connectivity index (χ4n) is 2.51. The first-order chi connectivity index (χ1) is 13.4. The van der Waals surface area contributed by atoms with Gasteiger partial charge in [-0.2, -0.15) is 0 Å². The first-order valence-electron chi connectivity index (χ1n) is 8.22. The van der Waals surface area contributed by atoms with Crippen LogP contribution in [0.15, 0.2) is 47.4 Å². The Labute approximate surface area is 159 Å². The lowest BCUT2D eigenvalue weighted by Gasteiger charge is -2.17. The van der Waals surface area contributed by atoms with Crippen molar-refractivity contribution in [3.05, 3.63) is 70.0 Å². The summed E-state index contributed by atoms with van der Waals surface area (Å²) < 4.78 is 18.0. The van der Waals surface area contributed by atoms with Crippen molar-refractivity contribution < 1.29 is 19.0 Å². The van der Waals surface area contributed by atoms with E-state index >= 15 is 0 Å². The molecular weight excluding hydrogens is 367 g/mol. The number of aromatic amines is 1. The van der Waals surface area contributed by atoms with E-state index in [4.69, 9.17) is 4.74 Å². The molecule has 3 aromatic rings. The molecule has 2 aromatic heterocycles. The third-order valence-corrected chi connectivity index (χ3v) is 4.00. The number of pyridine rings is 1. The molecule has 2 heterocycles. The van der Waals surface area contributed by atoms with Gasteiger partial charge in [-0.25, -0.2) is 14.4 Å². The summed E-state index contributed by atoms with van der Waals surface area (Å²) in [7, 11) is 2.96. The zero-order valence-electron chi connectivity index (χ0n) is 15.1. The van der Waals surface area contributed by atoms with E-state index in [1.165, 1.54) is 37.4 Å². The van der Waals surface area contributed by atoms with Gasteiger partial charge in [0, 0.05) is 31.4 Å². The Morgan fingerprint density at radius 1 is 1.25 bits per heavy atom. The molecule has 1 amide bonds. The van der Waals surface area contributed by atoms with Gasteiger partial charge in [-0.3, -0.25) is 9.59 Å². The highest BCUT2D eigenvalue weighted by atomic mass is 19.1. The number of halogens is 1. The Balaban J connectivity index is 1.91. The van der Waals surface area contributed by atoms with Gasteiger partial charge in [-0.1, -0.05) is 12.1 Å². The fourth-order valence-corrected chi connectivity index (χ4v) is 2.51. The van der Waals surface area contributed by atoms with Crippen LogP contribution < -0.4 is 10.3 Å². The van der Waals surface area contributed by atoms with Crippen LogP contribution in [-0.2, 0) is 6.54 Å². The van der Waals surface area contributed by atoms with E-state index in [-0.39, 0.29) is 23.9 Å². The minimum Gasteiger partial charge on any atom is -0.501 e. The maximum absolute atomic E-state index is 13.0. The fraction of sp³-hybridized carbons (Fsp3) is 0.158. The second-order valence-electron chi connectivity index (χ2n) is 5.99. The molecule has 0 spiro atoms. The smallest absolute Gasteiger partial charge is 0.294 e. The van der Waals surface area contributed by atoms with Gasteiger partial charge >= 0.3 is 0 Å². The molecule has 0 atom stereocenters. The van der Waals surface area contributed by atoms with Gasteiger partial charge in [0.15, 0.2) is 5.69 Å². The lowest BCUT2D eigenvalue weighted by Crippen LogP contribution is -2.29. The Kier molecular flexibility index (Phi) is 5.35. The molecule has 3 rings (SSSR count). The molecule has 0 aliphatic rings. The molecule has 2 N–H and O–H groups in total. The summed E-state index contributed by atoms with van der Waals surface area (Å²) in [5.41, 5.74) is -0.118. The minimum atomic E-state index is -0.848. The number of hydrogen-bond donors (Lipinski definition) is 2. The van der Waals surface area contributed by atoms with E-state index < -0.39 is 17.2 Å². The summed E-state index contributed by atoms with van der Waals surface area (Å²) in [4.78, 5) is 36.6. The summed E-state index contributed by atoms with van der Waals surface area (Å²) in [6.45, 7) is 0.145. The number of aromatic hydroxyl groups is 1. The standard InChI is InChI=1S/C19H17FN4O4/c1-24(10-11-3-6-13(20)7-4-11)19(27)15-16(25)18(26)23-17(22-15)12-5-8-14(28-2)21-9-12/h3-9,25H,10H2,1-2H3,(H,22,23,26). The summed E-state index contributed by atoms with van der Waals surface area (Å²) in [6.07, 6.45) is 1.42. The first kappa shape index (κ1) is 19.0. The Morgan fingerprint density at radius 2 is 1.96 bits per heavy atom. The summed E-state index contributed by atoms with van der Waals surface area (Å²) in [6, 6.07) is 8.83. The number of amides is 1. The zero-order chi connectivity index (χ0) is 20.3.